The van der Waals surface area contributed by atoms with Crippen LogP contribution in [0.3, 0.4) is 0 Å². The van der Waals surface area contributed by atoms with E-state index in [0.29, 0.717) is 6.42 Å². The third-order valence-electron chi connectivity index (χ3n) is 2.70. The van der Waals surface area contributed by atoms with Crippen molar-refractivity contribution in [2.45, 2.75) is 52.6 Å². The Kier molecular flexibility index (Phi) is 10.2. The SMILES string of the molecule is CCCOC(CC(=O)OCC)(CC(=O)OCC)C(=O)OCC. The highest BCUT2D eigenvalue weighted by atomic mass is 16.6. The molecular formula is C15H26O7. The minimum atomic E-state index is -1.70. The molecule has 0 heterocycles. The quantitative estimate of drug-likeness (QED) is 0.422. The summed E-state index contributed by atoms with van der Waals surface area (Å²) >= 11 is 0. The van der Waals surface area contributed by atoms with Gasteiger partial charge in [0.2, 0.25) is 0 Å². The van der Waals surface area contributed by atoms with Crippen LogP contribution in [0.5, 0.6) is 0 Å². The van der Waals surface area contributed by atoms with E-state index in [0.717, 1.165) is 0 Å². The molecule has 0 aliphatic rings. The molecule has 0 rings (SSSR count). The van der Waals surface area contributed by atoms with Gasteiger partial charge in [0.05, 0.1) is 32.7 Å². The maximum atomic E-state index is 12.3. The molecule has 0 saturated carbocycles. The van der Waals surface area contributed by atoms with E-state index in [1.165, 1.54) is 0 Å². The molecule has 0 radical (unpaired) electrons. The van der Waals surface area contributed by atoms with Crippen LogP contribution in [-0.2, 0) is 33.3 Å². The molecule has 0 N–H and O–H groups in total. The maximum Gasteiger partial charge on any atom is 0.339 e. The Morgan fingerprint density at radius 3 is 1.59 bits per heavy atom. The fraction of sp³-hybridized carbons (Fsp3) is 0.800. The summed E-state index contributed by atoms with van der Waals surface area (Å²) < 4.78 is 20.3. The molecule has 0 fully saturated rings. The Hall–Kier alpha value is -1.63. The molecule has 22 heavy (non-hydrogen) atoms. The van der Waals surface area contributed by atoms with Gasteiger partial charge in [-0.2, -0.15) is 0 Å². The van der Waals surface area contributed by atoms with Gasteiger partial charge in [-0.1, -0.05) is 6.92 Å². The molecule has 0 saturated heterocycles. The Morgan fingerprint density at radius 2 is 1.23 bits per heavy atom. The predicted molar refractivity (Wildman–Crippen MR) is 78.1 cm³/mol. The Bertz CT molecular complexity index is 345. The minimum absolute atomic E-state index is 0.113. The van der Waals surface area contributed by atoms with Crippen LogP contribution in [0.25, 0.3) is 0 Å². The molecule has 0 aromatic heterocycles. The highest BCUT2D eigenvalue weighted by Gasteiger charge is 2.46. The molecule has 0 atom stereocenters. The van der Waals surface area contributed by atoms with E-state index in [1.807, 2.05) is 6.92 Å². The second-order valence-electron chi connectivity index (χ2n) is 4.53. The molecule has 0 aliphatic carbocycles. The molecule has 7 nitrogen and oxygen atoms in total. The lowest BCUT2D eigenvalue weighted by Crippen LogP contribution is -2.47. The van der Waals surface area contributed by atoms with Crippen molar-refractivity contribution in [3.05, 3.63) is 0 Å². The van der Waals surface area contributed by atoms with Gasteiger partial charge in [-0.3, -0.25) is 9.59 Å². The lowest BCUT2D eigenvalue weighted by Gasteiger charge is -2.29. The second-order valence-corrected chi connectivity index (χ2v) is 4.53. The van der Waals surface area contributed by atoms with Gasteiger partial charge in [0.15, 0.2) is 5.60 Å². The predicted octanol–water partition coefficient (Wildman–Crippen LogP) is 1.62. The largest absolute Gasteiger partial charge is 0.466 e. The minimum Gasteiger partial charge on any atom is -0.466 e. The van der Waals surface area contributed by atoms with Crippen LogP contribution in [0.4, 0.5) is 0 Å². The summed E-state index contributed by atoms with van der Waals surface area (Å²) in [6, 6.07) is 0. The highest BCUT2D eigenvalue weighted by molar-refractivity contribution is 5.90. The van der Waals surface area contributed by atoms with Gasteiger partial charge in [-0.05, 0) is 27.2 Å². The summed E-state index contributed by atoms with van der Waals surface area (Å²) in [5, 5.41) is 0. The van der Waals surface area contributed by atoms with Crippen molar-refractivity contribution in [1.29, 1.82) is 0 Å². The molecule has 0 aromatic carbocycles. The van der Waals surface area contributed by atoms with E-state index in [1.54, 1.807) is 20.8 Å². The summed E-state index contributed by atoms with van der Waals surface area (Å²) in [6.07, 6.45) is -0.163. The second kappa shape index (κ2) is 11.0. The number of hydrogen-bond acceptors (Lipinski definition) is 7. The van der Waals surface area contributed by atoms with Crippen molar-refractivity contribution in [2.75, 3.05) is 26.4 Å². The van der Waals surface area contributed by atoms with Crippen LogP contribution in [0.1, 0.15) is 47.0 Å². The van der Waals surface area contributed by atoms with Crippen LogP contribution in [0.15, 0.2) is 0 Å². The van der Waals surface area contributed by atoms with Crippen LogP contribution >= 0.6 is 0 Å². The van der Waals surface area contributed by atoms with E-state index < -0.39 is 36.4 Å². The normalized spacial score (nSPS) is 10.9. The number of carbonyl (C=O) groups excluding carboxylic acids is 3. The monoisotopic (exact) mass is 318 g/mol. The summed E-state index contributed by atoms with van der Waals surface area (Å²) in [7, 11) is 0. The summed E-state index contributed by atoms with van der Waals surface area (Å²) in [6.45, 7) is 7.46. The molecule has 0 amide bonds. The Morgan fingerprint density at radius 1 is 0.773 bits per heavy atom. The number of rotatable bonds is 11. The van der Waals surface area contributed by atoms with Gasteiger partial charge in [0, 0.05) is 6.61 Å². The van der Waals surface area contributed by atoms with Crippen LogP contribution in [-0.4, -0.2) is 49.9 Å². The maximum absolute atomic E-state index is 12.3. The van der Waals surface area contributed by atoms with Crippen LogP contribution < -0.4 is 0 Å². The smallest absolute Gasteiger partial charge is 0.339 e. The van der Waals surface area contributed by atoms with E-state index in [-0.39, 0.29) is 26.4 Å². The van der Waals surface area contributed by atoms with E-state index in [9.17, 15) is 14.4 Å². The molecule has 0 aliphatic heterocycles. The van der Waals surface area contributed by atoms with Gasteiger partial charge in [-0.25, -0.2) is 4.79 Å². The number of carbonyl (C=O) groups is 3. The van der Waals surface area contributed by atoms with Crippen molar-refractivity contribution in [3.63, 3.8) is 0 Å². The molecule has 0 bridgehead atoms. The zero-order valence-electron chi connectivity index (χ0n) is 13.8. The first-order valence-electron chi connectivity index (χ1n) is 7.58. The molecule has 0 aromatic rings. The van der Waals surface area contributed by atoms with Crippen molar-refractivity contribution in [2.24, 2.45) is 0 Å². The first kappa shape index (κ1) is 20.4. The number of ether oxygens (including phenoxy) is 4. The average Bonchev–Trinajstić information content (AvgIpc) is 2.45. The summed E-state index contributed by atoms with van der Waals surface area (Å²) in [5.41, 5.74) is -1.70. The van der Waals surface area contributed by atoms with E-state index in [4.69, 9.17) is 18.9 Å². The van der Waals surface area contributed by atoms with Crippen LogP contribution in [0.2, 0.25) is 0 Å². The van der Waals surface area contributed by atoms with Crippen molar-refractivity contribution in [3.8, 4) is 0 Å². The third-order valence-corrected chi connectivity index (χ3v) is 2.70. The van der Waals surface area contributed by atoms with Gasteiger partial charge < -0.3 is 18.9 Å². The summed E-state index contributed by atoms with van der Waals surface area (Å²) in [4.78, 5) is 35.9. The fourth-order valence-electron chi connectivity index (χ4n) is 1.82. The van der Waals surface area contributed by atoms with Crippen molar-refractivity contribution >= 4 is 17.9 Å². The summed E-state index contributed by atoms with van der Waals surface area (Å²) in [5.74, 6) is -2.02. The van der Waals surface area contributed by atoms with Gasteiger partial charge in [0.25, 0.3) is 0 Å². The topological polar surface area (TPSA) is 88.1 Å². The molecule has 128 valence electrons. The molecule has 0 spiro atoms. The lowest BCUT2D eigenvalue weighted by atomic mass is 9.95. The Labute approximate surface area is 131 Å². The molecule has 0 unspecified atom stereocenters. The standard InChI is InChI=1S/C15H26O7/c1-5-9-22-15(14(18)21-8-4,10-12(16)19-6-2)11-13(17)20-7-3/h5-11H2,1-4H3. The van der Waals surface area contributed by atoms with Crippen molar-refractivity contribution in [1.82, 2.24) is 0 Å². The van der Waals surface area contributed by atoms with Gasteiger partial charge in [0.1, 0.15) is 0 Å². The van der Waals surface area contributed by atoms with E-state index >= 15 is 0 Å². The highest BCUT2D eigenvalue weighted by Crippen LogP contribution is 2.25. The van der Waals surface area contributed by atoms with Crippen molar-refractivity contribution < 1.29 is 33.3 Å². The Balaban J connectivity index is 5.33. The number of hydrogen-bond donors (Lipinski definition) is 0. The molecule has 7 heteroatoms. The lowest BCUT2D eigenvalue weighted by molar-refractivity contribution is -0.185. The van der Waals surface area contributed by atoms with Gasteiger partial charge in [-0.15, -0.1) is 0 Å². The van der Waals surface area contributed by atoms with E-state index in [2.05, 4.69) is 0 Å². The third kappa shape index (κ3) is 6.89. The first-order chi connectivity index (χ1) is 10.5. The molecular weight excluding hydrogens is 292 g/mol. The fourth-order valence-corrected chi connectivity index (χ4v) is 1.82. The zero-order chi connectivity index (χ0) is 17.0. The van der Waals surface area contributed by atoms with Gasteiger partial charge >= 0.3 is 17.9 Å². The van der Waals surface area contributed by atoms with Crippen LogP contribution in [0, 0.1) is 0 Å². The average molecular weight is 318 g/mol. The number of esters is 3. The zero-order valence-corrected chi connectivity index (χ0v) is 13.8. The first-order valence-corrected chi connectivity index (χ1v) is 7.58.